The van der Waals surface area contributed by atoms with Crippen LogP contribution in [0.2, 0.25) is 5.02 Å². The van der Waals surface area contributed by atoms with Gasteiger partial charge in [0.25, 0.3) is 0 Å². The highest BCUT2D eigenvalue weighted by Crippen LogP contribution is 2.30. The molecule has 1 aliphatic heterocycles. The molecule has 0 aliphatic carbocycles. The van der Waals surface area contributed by atoms with Gasteiger partial charge in [-0.2, -0.15) is 0 Å². The molecule has 0 bridgehead atoms. The number of aryl methyl sites for hydroxylation is 1. The summed E-state index contributed by atoms with van der Waals surface area (Å²) < 4.78 is 17.2. The van der Waals surface area contributed by atoms with Gasteiger partial charge in [0.2, 0.25) is 0 Å². The van der Waals surface area contributed by atoms with Gasteiger partial charge in [-0.15, -0.1) is 0 Å². The lowest BCUT2D eigenvalue weighted by molar-refractivity contribution is -0.141. The summed E-state index contributed by atoms with van der Waals surface area (Å²) in [4.78, 5) is 15.2. The minimum Gasteiger partial charge on any atom is -0.479 e. The molecular weight excluding hydrogens is 414 g/mol. The Labute approximate surface area is 187 Å². The van der Waals surface area contributed by atoms with Crippen molar-refractivity contribution in [1.82, 2.24) is 4.90 Å². The smallest absolute Gasteiger partial charge is 0.352 e. The van der Waals surface area contributed by atoms with E-state index in [1.807, 2.05) is 31.2 Å². The molecule has 1 heterocycles. The van der Waals surface area contributed by atoms with Crippen LogP contribution in [0.1, 0.15) is 18.1 Å². The van der Waals surface area contributed by atoms with Crippen molar-refractivity contribution in [2.75, 3.05) is 26.3 Å². The van der Waals surface area contributed by atoms with Crippen molar-refractivity contribution in [1.29, 1.82) is 0 Å². The second kappa shape index (κ2) is 9.69. The summed E-state index contributed by atoms with van der Waals surface area (Å²) in [5.74, 6) is 0.743. The summed E-state index contributed by atoms with van der Waals surface area (Å²) in [5.41, 5.74) is 1.87. The van der Waals surface area contributed by atoms with Crippen molar-refractivity contribution in [2.24, 2.45) is 0 Å². The maximum Gasteiger partial charge on any atom is 0.352 e. The third-order valence-corrected chi connectivity index (χ3v) is 5.70. The van der Waals surface area contributed by atoms with Crippen LogP contribution in [0.15, 0.2) is 54.6 Å². The van der Waals surface area contributed by atoms with Crippen LogP contribution in [0, 0.1) is 6.92 Å². The zero-order valence-electron chi connectivity index (χ0n) is 17.8. The number of nitrogens with zero attached hydrogens (tertiary/aromatic N) is 1. The average molecular weight is 440 g/mol. The van der Waals surface area contributed by atoms with E-state index in [-0.39, 0.29) is 0 Å². The number of esters is 1. The zero-order valence-corrected chi connectivity index (χ0v) is 18.5. The third kappa shape index (κ3) is 5.18. The Kier molecular flexibility index (Phi) is 6.76. The van der Waals surface area contributed by atoms with Gasteiger partial charge >= 0.3 is 5.97 Å². The molecule has 1 fully saturated rings. The van der Waals surface area contributed by atoms with Crippen LogP contribution >= 0.6 is 11.6 Å². The molecule has 3 aromatic carbocycles. The van der Waals surface area contributed by atoms with E-state index < -0.39 is 12.1 Å². The van der Waals surface area contributed by atoms with E-state index in [1.54, 1.807) is 25.1 Å². The van der Waals surface area contributed by atoms with E-state index in [2.05, 4.69) is 17.0 Å². The number of fused-ring (bicyclic) bond motifs is 1. The lowest BCUT2D eigenvalue weighted by Gasteiger charge is -2.28. The Morgan fingerprint density at radius 1 is 1.10 bits per heavy atom. The predicted octanol–water partition coefficient (Wildman–Crippen LogP) is 5.01. The van der Waals surface area contributed by atoms with Crippen LogP contribution < -0.4 is 9.47 Å². The van der Waals surface area contributed by atoms with Gasteiger partial charge in [-0.1, -0.05) is 41.9 Å². The minimum atomic E-state index is -0.761. The monoisotopic (exact) mass is 439 g/mol. The number of hydrogen-bond acceptors (Lipinski definition) is 5. The molecule has 31 heavy (non-hydrogen) atoms. The highest BCUT2D eigenvalue weighted by atomic mass is 35.5. The van der Waals surface area contributed by atoms with E-state index in [9.17, 15) is 4.79 Å². The van der Waals surface area contributed by atoms with E-state index in [0.29, 0.717) is 36.3 Å². The van der Waals surface area contributed by atoms with E-state index in [0.717, 1.165) is 35.0 Å². The van der Waals surface area contributed by atoms with Gasteiger partial charge in [0.15, 0.2) is 6.10 Å². The molecule has 0 saturated carbocycles. The van der Waals surface area contributed by atoms with Gasteiger partial charge in [0, 0.05) is 30.2 Å². The lowest BCUT2D eigenvalue weighted by atomic mass is 10.0. The highest BCUT2D eigenvalue weighted by Gasteiger charge is 2.22. The molecule has 3 aromatic rings. The number of rotatable bonds is 6. The largest absolute Gasteiger partial charge is 0.479 e. The fraction of sp³-hybridized carbons (Fsp3) is 0.320. The topological polar surface area (TPSA) is 48.0 Å². The Bertz CT molecular complexity index is 1080. The number of carbonyl (C=O) groups excluding carboxylic acids is 1. The second-order valence-corrected chi connectivity index (χ2v) is 8.18. The van der Waals surface area contributed by atoms with E-state index >= 15 is 0 Å². The van der Waals surface area contributed by atoms with Crippen LogP contribution in [0.3, 0.4) is 0 Å². The van der Waals surface area contributed by atoms with Crippen LogP contribution in [0.5, 0.6) is 11.5 Å². The van der Waals surface area contributed by atoms with Crippen molar-refractivity contribution < 1.29 is 19.0 Å². The Hall–Kier alpha value is -2.60. The van der Waals surface area contributed by atoms with Gasteiger partial charge < -0.3 is 14.2 Å². The molecule has 0 radical (unpaired) electrons. The lowest BCUT2D eigenvalue weighted by Crippen LogP contribution is -2.36. The summed E-state index contributed by atoms with van der Waals surface area (Å²) >= 11 is 6.01. The van der Waals surface area contributed by atoms with Crippen molar-refractivity contribution in [3.05, 3.63) is 70.7 Å². The quantitative estimate of drug-likeness (QED) is 0.399. The number of benzene rings is 3. The first-order chi connectivity index (χ1) is 15.0. The zero-order chi connectivity index (χ0) is 21.8. The SMILES string of the molecule is Cc1cc(Cl)ccc1OC(C)C(=O)Oc1ccc2ccccc2c1CN1CCOCC1. The molecule has 4 rings (SSSR count). The summed E-state index contributed by atoms with van der Waals surface area (Å²) in [7, 11) is 0. The van der Waals surface area contributed by atoms with Gasteiger partial charge in [-0.05, 0) is 54.4 Å². The Balaban J connectivity index is 1.56. The molecule has 1 saturated heterocycles. The maximum absolute atomic E-state index is 12.9. The summed E-state index contributed by atoms with van der Waals surface area (Å²) in [6, 6.07) is 17.3. The third-order valence-electron chi connectivity index (χ3n) is 5.47. The molecule has 0 N–H and O–H groups in total. The maximum atomic E-state index is 12.9. The molecule has 0 aromatic heterocycles. The summed E-state index contributed by atoms with van der Waals surface area (Å²) in [6.45, 7) is 7.41. The highest BCUT2D eigenvalue weighted by molar-refractivity contribution is 6.30. The van der Waals surface area contributed by atoms with Crippen molar-refractivity contribution in [3.8, 4) is 11.5 Å². The molecule has 1 aliphatic rings. The van der Waals surface area contributed by atoms with E-state index in [4.69, 9.17) is 25.8 Å². The average Bonchev–Trinajstić information content (AvgIpc) is 2.78. The number of morpholine rings is 1. The summed E-state index contributed by atoms with van der Waals surface area (Å²) in [6.07, 6.45) is -0.761. The Morgan fingerprint density at radius 3 is 2.61 bits per heavy atom. The second-order valence-electron chi connectivity index (χ2n) is 7.74. The minimum absolute atomic E-state index is 0.437. The van der Waals surface area contributed by atoms with Crippen LogP contribution in [-0.2, 0) is 16.1 Å². The fourth-order valence-corrected chi connectivity index (χ4v) is 3.96. The Morgan fingerprint density at radius 2 is 1.84 bits per heavy atom. The van der Waals surface area contributed by atoms with Crippen molar-refractivity contribution >= 4 is 28.3 Å². The molecule has 1 atom stereocenters. The van der Waals surface area contributed by atoms with Gasteiger partial charge in [-0.3, -0.25) is 4.90 Å². The number of ether oxygens (including phenoxy) is 3. The first-order valence-electron chi connectivity index (χ1n) is 10.5. The van der Waals surface area contributed by atoms with Gasteiger partial charge in [0.1, 0.15) is 11.5 Å². The number of carbonyl (C=O) groups is 1. The molecule has 1 unspecified atom stereocenters. The first-order valence-corrected chi connectivity index (χ1v) is 10.8. The van der Waals surface area contributed by atoms with Gasteiger partial charge in [-0.25, -0.2) is 4.79 Å². The normalized spacial score (nSPS) is 15.6. The molecule has 0 spiro atoms. The van der Waals surface area contributed by atoms with Crippen LogP contribution in [-0.4, -0.2) is 43.3 Å². The first kappa shape index (κ1) is 21.6. The molecular formula is C25H26ClNO4. The van der Waals surface area contributed by atoms with Crippen molar-refractivity contribution in [3.63, 3.8) is 0 Å². The summed E-state index contributed by atoms with van der Waals surface area (Å²) in [5, 5.41) is 2.83. The van der Waals surface area contributed by atoms with E-state index in [1.165, 1.54) is 0 Å². The van der Waals surface area contributed by atoms with Crippen LogP contribution in [0.25, 0.3) is 10.8 Å². The molecule has 5 nitrogen and oxygen atoms in total. The predicted molar refractivity (Wildman–Crippen MR) is 122 cm³/mol. The number of hydrogen-bond donors (Lipinski definition) is 0. The molecule has 0 amide bonds. The number of halogens is 1. The van der Waals surface area contributed by atoms with Gasteiger partial charge in [0.05, 0.1) is 13.2 Å². The standard InChI is InChI=1S/C25H26ClNO4/c1-17-15-20(26)8-10-23(17)30-18(2)25(28)31-24-9-7-19-5-3-4-6-21(19)22(24)16-27-11-13-29-14-12-27/h3-10,15,18H,11-14,16H2,1-2H3. The molecule has 162 valence electrons. The molecule has 6 heteroatoms. The van der Waals surface area contributed by atoms with Crippen LogP contribution in [0.4, 0.5) is 0 Å². The fourth-order valence-electron chi connectivity index (χ4n) is 3.73. The van der Waals surface area contributed by atoms with Crippen molar-refractivity contribution in [2.45, 2.75) is 26.5 Å².